The maximum Gasteiger partial charge on any atom is 0.313 e. The molecule has 1 unspecified atom stereocenters. The van der Waals surface area contributed by atoms with Gasteiger partial charge in [0.15, 0.2) is 0 Å². The van der Waals surface area contributed by atoms with Gasteiger partial charge in [-0.25, -0.2) is 0 Å². The molecule has 3 aliphatic rings. The fourth-order valence-corrected chi connectivity index (χ4v) is 9.05. The van der Waals surface area contributed by atoms with Crippen LogP contribution in [0.25, 0.3) is 0 Å². The number of nitrogens with one attached hydrogen (secondary N) is 1. The van der Waals surface area contributed by atoms with Gasteiger partial charge in [0.25, 0.3) is 0 Å². The molecule has 2 N–H and O–H groups in total. The Balaban J connectivity index is 1.69. The molecule has 11 heteroatoms. The molecule has 0 aliphatic carbocycles. The summed E-state index contributed by atoms with van der Waals surface area (Å²) in [5.41, 5.74) is -1.26. The molecular weight excluding hydrogens is 678 g/mol. The van der Waals surface area contributed by atoms with E-state index in [4.69, 9.17) is 9.47 Å². The summed E-state index contributed by atoms with van der Waals surface area (Å²) in [7, 11) is 0. The Morgan fingerprint density at radius 3 is 2.48 bits per heavy atom. The third-order valence-electron chi connectivity index (χ3n) is 9.61. The molecule has 2 bridgehead atoms. The summed E-state index contributed by atoms with van der Waals surface area (Å²) in [6, 6.07) is 8.13. The summed E-state index contributed by atoms with van der Waals surface area (Å²) in [5.74, 6) is -3.37. The van der Waals surface area contributed by atoms with Crippen LogP contribution < -0.4 is 5.32 Å². The fraction of sp³-hybridized carbons (Fsp3) is 0.622. The van der Waals surface area contributed by atoms with E-state index in [9.17, 15) is 24.3 Å². The first kappa shape index (κ1) is 37.8. The zero-order valence-corrected chi connectivity index (χ0v) is 30.5. The number of nitrogens with zero attached hydrogens (tertiary/aromatic N) is 2. The number of aliphatic hydroxyl groups excluding tert-OH is 1. The average Bonchev–Trinajstić information content (AvgIpc) is 3.61. The Hall–Kier alpha value is -3.02. The zero-order valence-electron chi connectivity index (χ0n) is 29.0. The number of aliphatic hydroxyl groups is 1. The van der Waals surface area contributed by atoms with Crippen molar-refractivity contribution in [3.8, 4) is 0 Å². The Labute approximate surface area is 293 Å². The number of amides is 3. The monoisotopic (exact) mass is 729 g/mol. The highest BCUT2D eigenvalue weighted by molar-refractivity contribution is 9.09. The topological polar surface area (TPSA) is 125 Å². The number of likely N-dealkylation sites (tertiary alicyclic amines) is 1. The summed E-state index contributed by atoms with van der Waals surface area (Å²) < 4.78 is 12.8. The van der Waals surface area contributed by atoms with Crippen molar-refractivity contribution in [3.05, 3.63) is 61.2 Å². The Morgan fingerprint density at radius 2 is 1.88 bits per heavy atom. The summed E-state index contributed by atoms with van der Waals surface area (Å²) in [6.07, 6.45) is 3.94. The van der Waals surface area contributed by atoms with Crippen LogP contribution in [-0.2, 0) is 28.7 Å². The van der Waals surface area contributed by atoms with Crippen LogP contribution in [0.5, 0.6) is 0 Å². The van der Waals surface area contributed by atoms with Gasteiger partial charge in [-0.2, -0.15) is 0 Å². The number of hydrogen-bond donors (Lipinski definition) is 2. The van der Waals surface area contributed by atoms with Gasteiger partial charge < -0.3 is 29.7 Å². The molecule has 3 saturated heterocycles. The first-order valence-electron chi connectivity index (χ1n) is 16.9. The minimum Gasteiger partial charge on any atom is -0.455 e. The number of alkyl halides is 1. The molecule has 264 valence electrons. The number of halogens is 1. The zero-order chi connectivity index (χ0) is 35.4. The molecule has 3 fully saturated rings. The van der Waals surface area contributed by atoms with E-state index >= 15 is 0 Å². The number of rotatable bonds is 16. The molecule has 3 amide bonds. The highest BCUT2D eigenvalue weighted by Gasteiger charge is 2.77. The molecule has 0 aromatic heterocycles. The van der Waals surface area contributed by atoms with Crippen LogP contribution in [0.2, 0.25) is 0 Å². The van der Waals surface area contributed by atoms with Crippen molar-refractivity contribution in [1.29, 1.82) is 0 Å². The van der Waals surface area contributed by atoms with Gasteiger partial charge >= 0.3 is 5.97 Å². The molecule has 1 aromatic rings. The summed E-state index contributed by atoms with van der Waals surface area (Å²) in [5, 5.41) is 12.6. The molecule has 1 spiro atoms. The molecule has 0 saturated carbocycles. The first-order valence-corrected chi connectivity index (χ1v) is 17.8. The normalized spacial score (nSPS) is 26.9. The Kier molecular flexibility index (Phi) is 12.0. The molecule has 3 heterocycles. The van der Waals surface area contributed by atoms with Crippen molar-refractivity contribution in [2.45, 2.75) is 101 Å². The molecule has 0 radical (unpaired) electrons. The third-order valence-corrected chi connectivity index (χ3v) is 10.5. The van der Waals surface area contributed by atoms with Gasteiger partial charge in [0.05, 0.1) is 24.5 Å². The SMILES string of the molecule is C=CCCC(=O)NC[C@H](OC(=O)[C@H]1[C@@H]2O[C@@]3(CC2Br)[C@@H]1C(=O)N(CCCO)[C@@H]3C(=O)N(CC=C)C(C)(C)CC(C)(C)C)c1ccccc1. The number of esters is 1. The van der Waals surface area contributed by atoms with E-state index in [0.717, 1.165) is 0 Å². The molecular formula is C37H52BrN3O7. The number of fused-ring (bicyclic) bond motifs is 1. The van der Waals surface area contributed by atoms with Crippen LogP contribution in [0.15, 0.2) is 55.6 Å². The standard InChI is InChI=1S/C37H52BrN3O7/c1-8-10-17-27(43)39-22-26(24-15-12-11-13-16-24)47-34(46)28-29-32(44)40(19-14-20-42)31(37(29)21-25(38)30(28)48-37)33(45)41(18-9-2)36(6,7)23-35(3,4)5/h8-9,11-13,15-16,25-26,28-31,42H,1-2,10,14,17-23H2,3-7H3,(H,39,43)/t25?,26-,28+,29-,30+,31+,37-/m0/s1. The molecule has 1 aromatic carbocycles. The fourth-order valence-electron chi connectivity index (χ4n) is 8.11. The smallest absolute Gasteiger partial charge is 0.313 e. The number of carbonyl (C=O) groups excluding carboxylic acids is 4. The number of ether oxygens (including phenoxy) is 2. The van der Waals surface area contributed by atoms with Crippen molar-refractivity contribution < 1.29 is 33.8 Å². The van der Waals surface area contributed by atoms with Crippen LogP contribution in [-0.4, -0.2) is 93.0 Å². The van der Waals surface area contributed by atoms with Crippen LogP contribution in [0.3, 0.4) is 0 Å². The quantitative estimate of drug-likeness (QED) is 0.143. The summed E-state index contributed by atoms with van der Waals surface area (Å²) in [4.78, 5) is 59.0. The molecule has 7 atom stereocenters. The lowest BCUT2D eigenvalue weighted by Crippen LogP contribution is -2.61. The minimum absolute atomic E-state index is 0.0502. The lowest BCUT2D eigenvalue weighted by molar-refractivity contribution is -0.160. The second kappa shape index (κ2) is 15.3. The van der Waals surface area contributed by atoms with Crippen LogP contribution in [0.4, 0.5) is 0 Å². The second-order valence-corrected chi connectivity index (χ2v) is 16.2. The van der Waals surface area contributed by atoms with Crippen molar-refractivity contribution in [3.63, 3.8) is 0 Å². The van der Waals surface area contributed by atoms with Crippen molar-refractivity contribution >= 4 is 39.6 Å². The lowest BCUT2D eigenvalue weighted by Gasteiger charge is -2.45. The van der Waals surface area contributed by atoms with Crippen LogP contribution >= 0.6 is 15.9 Å². The largest absolute Gasteiger partial charge is 0.455 e. The number of allylic oxidation sites excluding steroid dienone is 1. The maximum absolute atomic E-state index is 14.8. The second-order valence-electron chi connectivity index (χ2n) is 15.0. The number of hydrogen-bond acceptors (Lipinski definition) is 7. The maximum atomic E-state index is 14.8. The van der Waals surface area contributed by atoms with Crippen molar-refractivity contribution in [1.82, 2.24) is 15.1 Å². The lowest BCUT2D eigenvalue weighted by atomic mass is 9.70. The number of benzene rings is 1. The van der Waals surface area contributed by atoms with Gasteiger partial charge in [0.2, 0.25) is 17.7 Å². The van der Waals surface area contributed by atoms with E-state index in [-0.39, 0.29) is 67.0 Å². The van der Waals surface area contributed by atoms with E-state index < -0.39 is 47.2 Å². The van der Waals surface area contributed by atoms with Gasteiger partial charge in [-0.15, -0.1) is 13.2 Å². The van der Waals surface area contributed by atoms with E-state index in [0.29, 0.717) is 24.8 Å². The molecule has 10 nitrogen and oxygen atoms in total. The Morgan fingerprint density at radius 1 is 1.19 bits per heavy atom. The van der Waals surface area contributed by atoms with Crippen molar-refractivity contribution in [2.24, 2.45) is 17.3 Å². The van der Waals surface area contributed by atoms with Crippen molar-refractivity contribution in [2.75, 3.05) is 26.2 Å². The van der Waals surface area contributed by atoms with Gasteiger partial charge in [-0.3, -0.25) is 19.2 Å². The van der Waals surface area contributed by atoms with Crippen LogP contribution in [0.1, 0.15) is 78.4 Å². The first-order chi connectivity index (χ1) is 22.6. The summed E-state index contributed by atoms with van der Waals surface area (Å²) >= 11 is 3.73. The van der Waals surface area contributed by atoms with Gasteiger partial charge in [-0.1, -0.05) is 79.2 Å². The van der Waals surface area contributed by atoms with Gasteiger partial charge in [0, 0.05) is 36.5 Å². The predicted molar refractivity (Wildman–Crippen MR) is 187 cm³/mol. The molecule has 48 heavy (non-hydrogen) atoms. The van der Waals surface area contributed by atoms with E-state index in [1.807, 2.05) is 44.2 Å². The summed E-state index contributed by atoms with van der Waals surface area (Å²) in [6.45, 7) is 18.3. The minimum atomic E-state index is -1.27. The van der Waals surface area contributed by atoms with Crippen LogP contribution in [0, 0.1) is 17.3 Å². The van der Waals surface area contributed by atoms with E-state index in [2.05, 4.69) is 55.2 Å². The van der Waals surface area contributed by atoms with E-state index in [1.54, 1.807) is 17.1 Å². The predicted octanol–water partition coefficient (Wildman–Crippen LogP) is 4.71. The third kappa shape index (κ3) is 7.73. The van der Waals surface area contributed by atoms with Gasteiger partial charge in [-0.05, 0) is 50.5 Å². The van der Waals surface area contributed by atoms with E-state index in [1.165, 1.54) is 4.90 Å². The highest BCUT2D eigenvalue weighted by Crippen LogP contribution is 2.60. The van der Waals surface area contributed by atoms with Gasteiger partial charge in [0.1, 0.15) is 17.7 Å². The number of carbonyl (C=O) groups is 4. The molecule has 4 rings (SSSR count). The highest BCUT2D eigenvalue weighted by atomic mass is 79.9. The Bertz CT molecular complexity index is 1360. The average molecular weight is 731 g/mol. The molecule has 3 aliphatic heterocycles.